The van der Waals surface area contributed by atoms with Crippen molar-refractivity contribution in [1.82, 2.24) is 9.78 Å². The van der Waals surface area contributed by atoms with Crippen molar-refractivity contribution < 1.29 is 5.11 Å². The van der Waals surface area contributed by atoms with Crippen molar-refractivity contribution in [2.75, 3.05) is 0 Å². The number of hydrogen-bond donors (Lipinski definition) is 1. The van der Waals surface area contributed by atoms with Crippen molar-refractivity contribution in [1.29, 1.82) is 0 Å². The van der Waals surface area contributed by atoms with E-state index < -0.39 is 6.10 Å². The molecular formula is C10H16N2O. The molecule has 0 fully saturated rings. The van der Waals surface area contributed by atoms with Crippen molar-refractivity contribution in [3.05, 3.63) is 29.6 Å². The van der Waals surface area contributed by atoms with Crippen LogP contribution < -0.4 is 0 Å². The van der Waals surface area contributed by atoms with Gasteiger partial charge in [-0.25, -0.2) is 0 Å². The Hall–Kier alpha value is -1.09. The van der Waals surface area contributed by atoms with Gasteiger partial charge in [0.15, 0.2) is 0 Å². The molecule has 0 aromatic carbocycles. The Morgan fingerprint density at radius 1 is 1.77 bits per heavy atom. The third-order valence-electron chi connectivity index (χ3n) is 1.95. The normalized spacial score (nSPS) is 12.9. The second kappa shape index (κ2) is 3.75. The minimum absolute atomic E-state index is 0.466. The topological polar surface area (TPSA) is 38.0 Å². The lowest BCUT2D eigenvalue weighted by Crippen LogP contribution is -1.98. The summed E-state index contributed by atoms with van der Waals surface area (Å²) in [6, 6.07) is 0. The second-order valence-corrected chi connectivity index (χ2v) is 3.52. The Bertz CT molecular complexity index is 315. The van der Waals surface area contributed by atoms with Crippen LogP contribution in [-0.2, 0) is 7.05 Å². The molecule has 1 rings (SSSR count). The smallest absolute Gasteiger partial charge is 0.0860 e. The van der Waals surface area contributed by atoms with Crippen LogP contribution in [0, 0.1) is 6.92 Å². The van der Waals surface area contributed by atoms with Gasteiger partial charge in [-0.1, -0.05) is 5.57 Å². The fraction of sp³-hybridized carbons (Fsp3) is 0.500. The molecule has 1 aromatic rings. The van der Waals surface area contributed by atoms with Crippen molar-refractivity contribution >= 4 is 0 Å². The van der Waals surface area contributed by atoms with E-state index in [2.05, 4.69) is 11.7 Å². The summed E-state index contributed by atoms with van der Waals surface area (Å²) in [7, 11) is 1.85. The van der Waals surface area contributed by atoms with Gasteiger partial charge in [0.25, 0.3) is 0 Å². The minimum atomic E-state index is -0.466. The molecule has 13 heavy (non-hydrogen) atoms. The van der Waals surface area contributed by atoms with Crippen LogP contribution in [0.2, 0.25) is 0 Å². The fourth-order valence-electron chi connectivity index (χ4n) is 1.39. The Morgan fingerprint density at radius 2 is 2.38 bits per heavy atom. The predicted molar refractivity (Wildman–Crippen MR) is 52.3 cm³/mol. The molecule has 1 heterocycles. The number of aromatic nitrogens is 2. The Morgan fingerprint density at radius 3 is 2.77 bits per heavy atom. The predicted octanol–water partition coefficient (Wildman–Crippen LogP) is 1.73. The average molecular weight is 180 g/mol. The largest absolute Gasteiger partial charge is 0.388 e. The van der Waals surface area contributed by atoms with E-state index >= 15 is 0 Å². The molecule has 0 amide bonds. The molecule has 72 valence electrons. The van der Waals surface area contributed by atoms with Crippen LogP contribution in [-0.4, -0.2) is 14.9 Å². The van der Waals surface area contributed by atoms with Crippen LogP contribution in [0.1, 0.15) is 30.7 Å². The zero-order valence-corrected chi connectivity index (χ0v) is 8.41. The molecule has 0 aliphatic heterocycles. The summed E-state index contributed by atoms with van der Waals surface area (Å²) in [6.07, 6.45) is 1.99. The number of rotatable bonds is 3. The first kappa shape index (κ1) is 9.99. The second-order valence-electron chi connectivity index (χ2n) is 3.52. The van der Waals surface area contributed by atoms with E-state index in [1.54, 1.807) is 4.68 Å². The number of aryl methyl sites for hydroxylation is 2. The highest BCUT2D eigenvalue weighted by Crippen LogP contribution is 2.21. The maximum Gasteiger partial charge on any atom is 0.0860 e. The first-order valence-corrected chi connectivity index (χ1v) is 4.33. The van der Waals surface area contributed by atoms with Gasteiger partial charge in [-0.3, -0.25) is 4.68 Å². The Balaban J connectivity index is 2.81. The number of aliphatic hydroxyl groups is 1. The van der Waals surface area contributed by atoms with Gasteiger partial charge in [0, 0.05) is 18.8 Å². The van der Waals surface area contributed by atoms with Crippen molar-refractivity contribution in [2.24, 2.45) is 7.05 Å². The van der Waals surface area contributed by atoms with Crippen LogP contribution in [0.4, 0.5) is 0 Å². The van der Waals surface area contributed by atoms with Crippen molar-refractivity contribution in [3.8, 4) is 0 Å². The van der Waals surface area contributed by atoms with Crippen molar-refractivity contribution in [2.45, 2.75) is 26.4 Å². The van der Waals surface area contributed by atoms with E-state index in [1.807, 2.05) is 27.1 Å². The van der Waals surface area contributed by atoms with Crippen LogP contribution >= 0.6 is 0 Å². The number of aliphatic hydroxyl groups excluding tert-OH is 1. The molecule has 1 atom stereocenters. The lowest BCUT2D eigenvalue weighted by Gasteiger charge is -2.08. The van der Waals surface area contributed by atoms with Gasteiger partial charge >= 0.3 is 0 Å². The highest BCUT2D eigenvalue weighted by Gasteiger charge is 2.12. The highest BCUT2D eigenvalue weighted by atomic mass is 16.3. The fourth-order valence-corrected chi connectivity index (χ4v) is 1.39. The molecule has 0 saturated carbocycles. The first-order valence-electron chi connectivity index (χ1n) is 4.33. The third kappa shape index (κ3) is 2.42. The van der Waals surface area contributed by atoms with E-state index in [4.69, 9.17) is 0 Å². The van der Waals surface area contributed by atoms with Crippen LogP contribution in [0.5, 0.6) is 0 Å². The number of nitrogens with zero attached hydrogens (tertiary/aromatic N) is 2. The van der Waals surface area contributed by atoms with E-state index in [0.29, 0.717) is 6.42 Å². The maximum absolute atomic E-state index is 9.77. The summed E-state index contributed by atoms with van der Waals surface area (Å²) in [4.78, 5) is 0. The minimum Gasteiger partial charge on any atom is -0.388 e. The molecule has 0 saturated heterocycles. The lowest BCUT2D eigenvalue weighted by atomic mass is 10.0. The van der Waals surface area contributed by atoms with Crippen molar-refractivity contribution in [3.63, 3.8) is 0 Å². The molecule has 1 unspecified atom stereocenters. The quantitative estimate of drug-likeness (QED) is 0.719. The van der Waals surface area contributed by atoms with Gasteiger partial charge in [-0.2, -0.15) is 5.10 Å². The van der Waals surface area contributed by atoms with Gasteiger partial charge in [-0.15, -0.1) is 6.58 Å². The van der Waals surface area contributed by atoms with Crippen LogP contribution in [0.3, 0.4) is 0 Å². The summed E-state index contributed by atoms with van der Waals surface area (Å²) in [5, 5.41) is 13.9. The maximum atomic E-state index is 9.77. The highest BCUT2D eigenvalue weighted by molar-refractivity contribution is 5.19. The Kier molecular flexibility index (Phi) is 2.88. The average Bonchev–Trinajstić information content (AvgIpc) is 2.28. The first-order chi connectivity index (χ1) is 6.00. The zero-order valence-electron chi connectivity index (χ0n) is 8.41. The zero-order chi connectivity index (χ0) is 10.0. The molecule has 0 radical (unpaired) electrons. The van der Waals surface area contributed by atoms with E-state index in [1.165, 1.54) is 0 Å². The van der Waals surface area contributed by atoms with Crippen LogP contribution in [0.15, 0.2) is 18.3 Å². The van der Waals surface area contributed by atoms with E-state index in [-0.39, 0.29) is 0 Å². The summed E-state index contributed by atoms with van der Waals surface area (Å²) in [6.45, 7) is 7.58. The summed E-state index contributed by atoms with van der Waals surface area (Å²) in [5.74, 6) is 0. The molecule has 1 N–H and O–H groups in total. The summed E-state index contributed by atoms with van der Waals surface area (Å²) >= 11 is 0. The van der Waals surface area contributed by atoms with Gasteiger partial charge in [0.05, 0.1) is 11.8 Å². The third-order valence-corrected chi connectivity index (χ3v) is 1.95. The molecular weight excluding hydrogens is 164 g/mol. The molecule has 0 aliphatic carbocycles. The number of hydrogen-bond acceptors (Lipinski definition) is 2. The van der Waals surface area contributed by atoms with Gasteiger partial charge in [0.2, 0.25) is 0 Å². The SMILES string of the molecule is C=C(C)CC(O)c1cn(C)nc1C. The molecule has 1 aromatic heterocycles. The van der Waals surface area contributed by atoms with E-state index in [9.17, 15) is 5.11 Å². The molecule has 3 nitrogen and oxygen atoms in total. The van der Waals surface area contributed by atoms with Gasteiger partial charge in [-0.05, 0) is 20.3 Å². The Labute approximate surface area is 78.7 Å². The summed E-state index contributed by atoms with van der Waals surface area (Å²) < 4.78 is 1.71. The molecule has 0 bridgehead atoms. The monoisotopic (exact) mass is 180 g/mol. The van der Waals surface area contributed by atoms with Crippen LogP contribution in [0.25, 0.3) is 0 Å². The molecule has 0 aliphatic rings. The van der Waals surface area contributed by atoms with Gasteiger partial charge in [0.1, 0.15) is 0 Å². The molecule has 0 spiro atoms. The standard InChI is InChI=1S/C10H16N2O/c1-7(2)5-10(13)9-6-12(4)11-8(9)3/h6,10,13H,1,5H2,2-4H3. The summed E-state index contributed by atoms with van der Waals surface area (Å²) in [5.41, 5.74) is 2.76. The van der Waals surface area contributed by atoms with E-state index in [0.717, 1.165) is 16.8 Å². The lowest BCUT2D eigenvalue weighted by molar-refractivity contribution is 0.177. The van der Waals surface area contributed by atoms with Gasteiger partial charge < -0.3 is 5.11 Å². The molecule has 3 heteroatoms.